The fraction of sp³-hybridized carbons (Fsp3) is 0.571. The number of nitrogens with one attached hydrogen (secondary N) is 1. The third-order valence-electron chi connectivity index (χ3n) is 5.69. The van der Waals surface area contributed by atoms with Crippen LogP contribution in [0, 0.1) is 0 Å². The quantitative estimate of drug-likeness (QED) is 0.323. The van der Waals surface area contributed by atoms with Gasteiger partial charge in [0.15, 0.2) is 6.54 Å². The second kappa shape index (κ2) is 11.2. The molecule has 1 heterocycles. The molecule has 2 aliphatic rings. The molecule has 9 heteroatoms. The summed E-state index contributed by atoms with van der Waals surface area (Å²) in [5.74, 6) is 0.280. The van der Waals surface area contributed by atoms with Gasteiger partial charge in [-0.3, -0.25) is 10.5 Å². The van der Waals surface area contributed by atoms with Crippen LogP contribution in [0.5, 0.6) is 5.75 Å². The molecule has 0 saturated heterocycles. The van der Waals surface area contributed by atoms with E-state index in [4.69, 9.17) is 15.6 Å². The summed E-state index contributed by atoms with van der Waals surface area (Å²) in [5.41, 5.74) is 7.66. The fourth-order valence-electron chi connectivity index (χ4n) is 3.99. The first kappa shape index (κ1) is 24.0. The summed E-state index contributed by atoms with van der Waals surface area (Å²) in [6.45, 7) is 0.700. The topological polar surface area (TPSA) is 108 Å². The first-order chi connectivity index (χ1) is 13.9. The minimum Gasteiger partial charge on any atom is -1.00 e. The van der Waals surface area contributed by atoms with Crippen LogP contribution in [0.2, 0.25) is 0 Å². The van der Waals surface area contributed by atoms with Gasteiger partial charge in [-0.25, -0.2) is 14.7 Å². The maximum atomic E-state index is 12.4. The molecule has 1 aromatic rings. The summed E-state index contributed by atoms with van der Waals surface area (Å²) < 4.78 is 7.38. The highest BCUT2D eigenvalue weighted by Gasteiger charge is 2.23. The van der Waals surface area contributed by atoms with E-state index in [1.54, 1.807) is 4.58 Å². The van der Waals surface area contributed by atoms with E-state index in [-0.39, 0.29) is 29.4 Å². The Kier molecular flexibility index (Phi) is 8.95. The van der Waals surface area contributed by atoms with Crippen LogP contribution in [0.15, 0.2) is 18.2 Å². The third-order valence-corrected chi connectivity index (χ3v) is 5.69. The standard InChI is InChI=1S/C21H30N4O4.BrH/c1-24(16-6-3-2-4-7-16)19(26)8-5-11-29-17-9-10-18-15(12-17)13-25(14-20(27)28)21(22)23-18;/h9-10,12,16H,2-8,11,13-14H2,1H3,(H3,22,23,27,28);1H. The highest BCUT2D eigenvalue weighted by Crippen LogP contribution is 2.25. The molecule has 1 aromatic carbocycles. The zero-order valence-electron chi connectivity index (χ0n) is 17.4. The maximum Gasteiger partial charge on any atom is 0.349 e. The molecule has 1 aliphatic heterocycles. The van der Waals surface area contributed by atoms with Gasteiger partial charge in [-0.2, -0.15) is 0 Å². The molecule has 0 unspecified atom stereocenters. The molecule has 0 bridgehead atoms. The molecular weight excluding hydrogens is 452 g/mol. The van der Waals surface area contributed by atoms with Gasteiger partial charge in [0.05, 0.1) is 13.2 Å². The lowest BCUT2D eigenvalue weighted by atomic mass is 9.94. The number of nitrogens with zero attached hydrogens (tertiary/aromatic N) is 2. The molecule has 1 saturated carbocycles. The van der Waals surface area contributed by atoms with Gasteiger partial charge < -0.3 is 31.7 Å². The minimum atomic E-state index is -0.937. The van der Waals surface area contributed by atoms with Crippen molar-refractivity contribution in [3.8, 4) is 5.75 Å². The molecule has 1 aliphatic carbocycles. The molecule has 0 aromatic heterocycles. The Balaban J connectivity index is 0.00000320. The maximum absolute atomic E-state index is 12.4. The van der Waals surface area contributed by atoms with Crippen molar-refractivity contribution in [2.75, 3.05) is 25.5 Å². The molecule has 4 N–H and O–H groups in total. The number of guanidine groups is 1. The van der Waals surface area contributed by atoms with E-state index < -0.39 is 5.97 Å². The van der Waals surface area contributed by atoms with Gasteiger partial charge >= 0.3 is 11.9 Å². The van der Waals surface area contributed by atoms with Crippen LogP contribution in [0.25, 0.3) is 0 Å². The Morgan fingerprint density at radius 2 is 2.03 bits per heavy atom. The van der Waals surface area contributed by atoms with E-state index >= 15 is 0 Å². The second-order valence-corrected chi connectivity index (χ2v) is 7.83. The largest absolute Gasteiger partial charge is 1.00 e. The van der Waals surface area contributed by atoms with Crippen LogP contribution in [0.3, 0.4) is 0 Å². The number of ether oxygens (including phenoxy) is 1. The SMILES string of the molecule is CN(C(=O)CCCOc1ccc2c(c1)C[N+](CC(=O)O)=C(N)N2)C1CCCCC1.[Br-]. The van der Waals surface area contributed by atoms with Crippen molar-refractivity contribution < 1.29 is 41.0 Å². The molecule has 0 spiro atoms. The predicted octanol–water partition coefficient (Wildman–Crippen LogP) is -1.02. The number of carbonyl (C=O) groups is 2. The zero-order chi connectivity index (χ0) is 20.8. The molecule has 3 rings (SSSR count). The number of aliphatic carboxylic acids is 1. The van der Waals surface area contributed by atoms with Crippen molar-refractivity contribution in [3.63, 3.8) is 0 Å². The van der Waals surface area contributed by atoms with Crippen LogP contribution in [0.1, 0.15) is 50.5 Å². The van der Waals surface area contributed by atoms with Crippen molar-refractivity contribution in [3.05, 3.63) is 23.8 Å². The first-order valence-corrected chi connectivity index (χ1v) is 10.3. The van der Waals surface area contributed by atoms with Crippen molar-refractivity contribution in [2.24, 2.45) is 5.73 Å². The van der Waals surface area contributed by atoms with Gasteiger partial charge in [0.1, 0.15) is 11.4 Å². The number of nitrogens with two attached hydrogens (primary N) is 1. The number of carboxylic acids is 1. The Labute approximate surface area is 187 Å². The van der Waals surface area contributed by atoms with Gasteiger partial charge in [0.2, 0.25) is 5.91 Å². The van der Waals surface area contributed by atoms with Crippen LogP contribution < -0.4 is 32.8 Å². The number of carboxylic acid groups (broad SMARTS) is 1. The number of carbonyl (C=O) groups excluding carboxylic acids is 1. The number of halogens is 1. The smallest absolute Gasteiger partial charge is 0.349 e. The summed E-state index contributed by atoms with van der Waals surface area (Å²) in [7, 11) is 1.92. The predicted molar refractivity (Wildman–Crippen MR) is 110 cm³/mol. The van der Waals surface area contributed by atoms with Crippen LogP contribution in [0.4, 0.5) is 5.69 Å². The van der Waals surface area contributed by atoms with Crippen LogP contribution in [-0.4, -0.2) is 58.7 Å². The molecule has 8 nitrogen and oxygen atoms in total. The normalized spacial score (nSPS) is 16.2. The lowest BCUT2D eigenvalue weighted by Gasteiger charge is -2.31. The lowest BCUT2D eigenvalue weighted by Crippen LogP contribution is -3.00. The van der Waals surface area contributed by atoms with Crippen molar-refractivity contribution >= 4 is 23.5 Å². The summed E-state index contributed by atoms with van der Waals surface area (Å²) in [6.07, 6.45) is 7.08. The van der Waals surface area contributed by atoms with Gasteiger partial charge in [-0.05, 0) is 37.5 Å². The highest BCUT2D eigenvalue weighted by atomic mass is 79.9. The highest BCUT2D eigenvalue weighted by molar-refractivity contribution is 5.91. The zero-order valence-corrected chi connectivity index (χ0v) is 19.0. The number of hydrogen-bond acceptors (Lipinski definition) is 5. The first-order valence-electron chi connectivity index (χ1n) is 10.3. The number of anilines is 1. The number of amides is 1. The van der Waals surface area contributed by atoms with Gasteiger partial charge in [-0.15, -0.1) is 0 Å². The molecule has 30 heavy (non-hydrogen) atoms. The Morgan fingerprint density at radius 1 is 1.30 bits per heavy atom. The molecular formula is C21H31BrN4O4. The average molecular weight is 483 g/mol. The third kappa shape index (κ3) is 6.35. The molecule has 1 fully saturated rings. The molecule has 1 amide bonds. The van der Waals surface area contributed by atoms with Gasteiger partial charge in [-0.1, -0.05) is 19.3 Å². The number of fused-ring (bicyclic) bond motifs is 1. The molecule has 0 atom stereocenters. The lowest BCUT2D eigenvalue weighted by molar-refractivity contribution is -0.536. The summed E-state index contributed by atoms with van der Waals surface area (Å²) >= 11 is 0. The summed E-state index contributed by atoms with van der Waals surface area (Å²) in [4.78, 5) is 25.3. The fourth-order valence-corrected chi connectivity index (χ4v) is 3.99. The van der Waals surface area contributed by atoms with E-state index in [2.05, 4.69) is 5.32 Å². The van der Waals surface area contributed by atoms with E-state index in [1.165, 1.54) is 19.3 Å². The van der Waals surface area contributed by atoms with E-state index in [0.29, 0.717) is 43.7 Å². The second-order valence-electron chi connectivity index (χ2n) is 7.83. The van der Waals surface area contributed by atoms with Crippen molar-refractivity contribution in [2.45, 2.75) is 57.5 Å². The van der Waals surface area contributed by atoms with Crippen LogP contribution >= 0.6 is 0 Å². The summed E-state index contributed by atoms with van der Waals surface area (Å²) in [6, 6.07) is 6.00. The van der Waals surface area contributed by atoms with Crippen LogP contribution in [-0.2, 0) is 16.1 Å². The minimum absolute atomic E-state index is 0. The Morgan fingerprint density at radius 3 is 2.73 bits per heavy atom. The number of benzene rings is 1. The van der Waals surface area contributed by atoms with Crippen molar-refractivity contribution in [1.82, 2.24) is 4.90 Å². The Bertz CT molecular complexity index is 793. The number of hydrogen-bond donors (Lipinski definition) is 3. The summed E-state index contributed by atoms with van der Waals surface area (Å²) in [5, 5.41) is 12.0. The van der Waals surface area contributed by atoms with Crippen molar-refractivity contribution in [1.29, 1.82) is 0 Å². The van der Waals surface area contributed by atoms with Gasteiger partial charge in [0.25, 0.3) is 0 Å². The Hall–Kier alpha value is -2.29. The monoisotopic (exact) mass is 482 g/mol. The average Bonchev–Trinajstić information content (AvgIpc) is 2.71. The molecule has 0 radical (unpaired) electrons. The molecule has 166 valence electrons. The van der Waals surface area contributed by atoms with Gasteiger partial charge in [0, 0.05) is 25.1 Å². The van der Waals surface area contributed by atoms with E-state index in [1.807, 2.05) is 30.1 Å². The number of rotatable bonds is 8. The van der Waals surface area contributed by atoms with E-state index in [9.17, 15) is 9.59 Å². The van der Waals surface area contributed by atoms with E-state index in [0.717, 1.165) is 24.1 Å².